The van der Waals surface area contributed by atoms with Crippen LogP contribution in [0.3, 0.4) is 0 Å². The van der Waals surface area contributed by atoms with Gasteiger partial charge in [0.1, 0.15) is 6.04 Å². The highest BCUT2D eigenvalue weighted by Crippen LogP contribution is 2.37. The average Bonchev–Trinajstić information content (AvgIpc) is 3.47. The van der Waals surface area contributed by atoms with Crippen molar-refractivity contribution in [3.05, 3.63) is 114 Å². The third-order valence-electron chi connectivity index (χ3n) is 5.71. The number of fused-ring (bicyclic) bond motifs is 3. The molecule has 1 aliphatic rings. The highest BCUT2D eigenvalue weighted by molar-refractivity contribution is 6.00. The Bertz CT molecular complexity index is 1260. The molecule has 1 atom stereocenters. The molecule has 5 nitrogen and oxygen atoms in total. The number of carbonyl (C=O) groups is 2. The van der Waals surface area contributed by atoms with Crippen molar-refractivity contribution in [2.75, 3.05) is 5.32 Å². The molecule has 1 heterocycles. The molecular weight excluding hydrogens is 400 g/mol. The Hall–Kier alpha value is -4.12. The fraction of sp³-hybridized carbons (Fsp3) is 0.111. The number of nitrogens with one attached hydrogen (secondary N) is 2. The van der Waals surface area contributed by atoms with Gasteiger partial charge in [0.15, 0.2) is 5.76 Å². The van der Waals surface area contributed by atoms with Crippen LogP contribution >= 0.6 is 0 Å². The van der Waals surface area contributed by atoms with Gasteiger partial charge < -0.3 is 15.1 Å². The Labute approximate surface area is 186 Å². The van der Waals surface area contributed by atoms with Crippen LogP contribution < -0.4 is 10.6 Å². The topological polar surface area (TPSA) is 71.3 Å². The molecule has 0 saturated heterocycles. The van der Waals surface area contributed by atoms with Gasteiger partial charge in [-0.15, -0.1) is 0 Å². The normalized spacial score (nSPS) is 12.5. The summed E-state index contributed by atoms with van der Waals surface area (Å²) in [5.41, 5.74) is 6.59. The Kier molecular flexibility index (Phi) is 5.30. The van der Waals surface area contributed by atoms with Crippen molar-refractivity contribution in [3.8, 4) is 11.1 Å². The van der Waals surface area contributed by atoms with Gasteiger partial charge in [0.25, 0.3) is 5.91 Å². The Balaban J connectivity index is 1.35. The number of furan rings is 1. The van der Waals surface area contributed by atoms with Crippen LogP contribution in [-0.2, 0) is 17.6 Å². The van der Waals surface area contributed by atoms with E-state index in [1.54, 1.807) is 12.1 Å². The molecule has 5 rings (SSSR count). The smallest absolute Gasteiger partial charge is 0.287 e. The Morgan fingerprint density at radius 2 is 1.62 bits per heavy atom. The highest BCUT2D eigenvalue weighted by atomic mass is 16.3. The summed E-state index contributed by atoms with van der Waals surface area (Å²) in [5, 5.41) is 5.79. The summed E-state index contributed by atoms with van der Waals surface area (Å²) in [6.45, 7) is 0. The molecule has 2 amide bonds. The lowest BCUT2D eigenvalue weighted by Crippen LogP contribution is -2.45. The van der Waals surface area contributed by atoms with Crippen LogP contribution in [-0.4, -0.2) is 17.9 Å². The summed E-state index contributed by atoms with van der Waals surface area (Å²) >= 11 is 0. The second-order valence-corrected chi connectivity index (χ2v) is 7.89. The molecule has 0 saturated carbocycles. The standard InChI is InChI=1S/C27H22N2O3/c30-26(28-21-12-13-23-20(17-21)16-19-9-4-5-10-22(19)23)24(15-18-7-2-1-3-8-18)29-27(31)25-11-6-14-32-25/h1-14,17,24H,15-16H2,(H,28,30)(H,29,31). The molecule has 3 aromatic carbocycles. The predicted molar refractivity (Wildman–Crippen MR) is 123 cm³/mol. The summed E-state index contributed by atoms with van der Waals surface area (Å²) in [6, 6.07) is 26.4. The van der Waals surface area contributed by atoms with E-state index in [1.807, 2.05) is 60.7 Å². The van der Waals surface area contributed by atoms with E-state index in [9.17, 15) is 9.59 Å². The maximum atomic E-state index is 13.2. The average molecular weight is 422 g/mol. The van der Waals surface area contributed by atoms with Crippen LogP contribution in [0.5, 0.6) is 0 Å². The SMILES string of the molecule is O=C(NC(Cc1ccccc1)C(=O)Nc1ccc2c(c1)Cc1ccccc1-2)c1ccco1. The molecule has 2 N–H and O–H groups in total. The maximum Gasteiger partial charge on any atom is 0.287 e. The third-order valence-corrected chi connectivity index (χ3v) is 5.71. The van der Waals surface area contributed by atoms with E-state index in [0.29, 0.717) is 12.1 Å². The van der Waals surface area contributed by atoms with Crippen molar-refractivity contribution in [3.63, 3.8) is 0 Å². The summed E-state index contributed by atoms with van der Waals surface area (Å²) in [5.74, 6) is -0.522. The maximum absolute atomic E-state index is 13.2. The summed E-state index contributed by atoms with van der Waals surface area (Å²) in [6.07, 6.45) is 2.65. The summed E-state index contributed by atoms with van der Waals surface area (Å²) in [4.78, 5) is 25.7. The second kappa shape index (κ2) is 8.55. The van der Waals surface area contributed by atoms with E-state index in [-0.39, 0.29) is 11.7 Å². The number of carbonyl (C=O) groups excluding carboxylic acids is 2. The lowest BCUT2D eigenvalue weighted by molar-refractivity contribution is -0.118. The van der Waals surface area contributed by atoms with Gasteiger partial charge in [-0.25, -0.2) is 0 Å². The molecule has 1 aliphatic carbocycles. The minimum Gasteiger partial charge on any atom is -0.459 e. The van der Waals surface area contributed by atoms with Crippen LogP contribution in [0.2, 0.25) is 0 Å². The predicted octanol–water partition coefficient (Wildman–Crippen LogP) is 4.83. The van der Waals surface area contributed by atoms with Crippen molar-refractivity contribution in [1.82, 2.24) is 5.32 Å². The van der Waals surface area contributed by atoms with Crippen molar-refractivity contribution < 1.29 is 14.0 Å². The first kappa shape index (κ1) is 19.8. The molecule has 32 heavy (non-hydrogen) atoms. The first-order valence-electron chi connectivity index (χ1n) is 10.6. The van der Waals surface area contributed by atoms with Crippen molar-refractivity contribution >= 4 is 17.5 Å². The second-order valence-electron chi connectivity index (χ2n) is 7.89. The molecule has 4 aromatic rings. The largest absolute Gasteiger partial charge is 0.459 e. The molecule has 1 unspecified atom stereocenters. The molecule has 5 heteroatoms. The minimum absolute atomic E-state index is 0.172. The summed E-state index contributed by atoms with van der Waals surface area (Å²) in [7, 11) is 0. The van der Waals surface area contributed by atoms with Crippen LogP contribution in [0.1, 0.15) is 27.2 Å². The molecular formula is C27H22N2O3. The van der Waals surface area contributed by atoms with Crippen LogP contribution in [0, 0.1) is 0 Å². The van der Waals surface area contributed by atoms with Gasteiger partial charge in [-0.1, -0.05) is 60.7 Å². The van der Waals surface area contributed by atoms with E-state index < -0.39 is 11.9 Å². The van der Waals surface area contributed by atoms with E-state index in [1.165, 1.54) is 28.5 Å². The minimum atomic E-state index is -0.750. The quantitative estimate of drug-likeness (QED) is 0.412. The van der Waals surface area contributed by atoms with Gasteiger partial charge >= 0.3 is 0 Å². The number of benzene rings is 3. The molecule has 158 valence electrons. The number of anilines is 1. The molecule has 0 fully saturated rings. The van der Waals surface area contributed by atoms with Crippen molar-refractivity contribution in [2.24, 2.45) is 0 Å². The number of hydrogen-bond donors (Lipinski definition) is 2. The lowest BCUT2D eigenvalue weighted by atomic mass is 10.0. The first-order valence-corrected chi connectivity index (χ1v) is 10.6. The molecule has 0 radical (unpaired) electrons. The lowest BCUT2D eigenvalue weighted by Gasteiger charge is -2.18. The number of amides is 2. The van der Waals surface area contributed by atoms with Crippen LogP contribution in [0.25, 0.3) is 11.1 Å². The van der Waals surface area contributed by atoms with Gasteiger partial charge in [-0.05, 0) is 58.5 Å². The molecule has 0 spiro atoms. The molecule has 1 aromatic heterocycles. The van der Waals surface area contributed by atoms with Crippen molar-refractivity contribution in [2.45, 2.75) is 18.9 Å². The van der Waals surface area contributed by atoms with Crippen LogP contribution in [0.4, 0.5) is 5.69 Å². The summed E-state index contributed by atoms with van der Waals surface area (Å²) < 4.78 is 5.18. The monoisotopic (exact) mass is 422 g/mol. The number of rotatable bonds is 6. The van der Waals surface area contributed by atoms with Gasteiger partial charge in [0.2, 0.25) is 5.91 Å². The zero-order valence-electron chi connectivity index (χ0n) is 17.4. The van der Waals surface area contributed by atoms with E-state index in [2.05, 4.69) is 22.8 Å². The zero-order valence-corrected chi connectivity index (χ0v) is 17.4. The van der Waals surface area contributed by atoms with E-state index in [4.69, 9.17) is 4.42 Å². The van der Waals surface area contributed by atoms with Gasteiger partial charge in [0, 0.05) is 12.1 Å². The molecule has 0 bridgehead atoms. The van der Waals surface area contributed by atoms with Crippen LogP contribution in [0.15, 0.2) is 95.6 Å². The van der Waals surface area contributed by atoms with E-state index >= 15 is 0 Å². The van der Waals surface area contributed by atoms with Crippen molar-refractivity contribution in [1.29, 1.82) is 0 Å². The Morgan fingerprint density at radius 3 is 2.44 bits per heavy atom. The number of hydrogen-bond acceptors (Lipinski definition) is 3. The zero-order chi connectivity index (χ0) is 21.9. The van der Waals surface area contributed by atoms with Gasteiger partial charge in [0.05, 0.1) is 6.26 Å². The highest BCUT2D eigenvalue weighted by Gasteiger charge is 2.24. The fourth-order valence-electron chi connectivity index (χ4n) is 4.15. The first-order chi connectivity index (χ1) is 15.7. The third kappa shape index (κ3) is 4.05. The Morgan fingerprint density at radius 1 is 0.844 bits per heavy atom. The molecule has 0 aliphatic heterocycles. The van der Waals surface area contributed by atoms with E-state index in [0.717, 1.165) is 12.0 Å². The van der Waals surface area contributed by atoms with Gasteiger partial charge in [-0.2, -0.15) is 0 Å². The van der Waals surface area contributed by atoms with Gasteiger partial charge in [-0.3, -0.25) is 9.59 Å². The fourth-order valence-corrected chi connectivity index (χ4v) is 4.15.